The van der Waals surface area contributed by atoms with Crippen LogP contribution in [0.25, 0.3) is 16.9 Å². The molecule has 3 heterocycles. The van der Waals surface area contributed by atoms with Crippen molar-refractivity contribution in [2.75, 3.05) is 56.8 Å². The van der Waals surface area contributed by atoms with E-state index in [4.69, 9.17) is 19.4 Å². The van der Waals surface area contributed by atoms with Gasteiger partial charge in [-0.2, -0.15) is 9.97 Å². The summed E-state index contributed by atoms with van der Waals surface area (Å²) in [6.45, 7) is 10.1. The van der Waals surface area contributed by atoms with Crippen molar-refractivity contribution >= 4 is 22.8 Å². The van der Waals surface area contributed by atoms with Gasteiger partial charge in [0.2, 0.25) is 5.95 Å². The molecule has 0 spiro atoms. The van der Waals surface area contributed by atoms with Gasteiger partial charge in [0.25, 0.3) is 6.43 Å². The Labute approximate surface area is 253 Å². The van der Waals surface area contributed by atoms with Gasteiger partial charge in [0.15, 0.2) is 5.82 Å². The average Bonchev–Trinajstić information content (AvgIpc) is 3.41. The highest BCUT2D eigenvalue weighted by atomic mass is 19.3. The number of anilines is 2. The number of hydrogen-bond acceptors (Lipinski definition) is 8. The lowest BCUT2D eigenvalue weighted by atomic mass is 9.84. The second-order valence-electron chi connectivity index (χ2n) is 11.6. The van der Waals surface area contributed by atoms with Crippen LogP contribution < -0.4 is 10.2 Å². The van der Waals surface area contributed by atoms with E-state index < -0.39 is 6.43 Å². The fourth-order valence-corrected chi connectivity index (χ4v) is 6.33. The monoisotopic (exact) mass is 595 g/mol. The van der Waals surface area contributed by atoms with E-state index in [0.717, 1.165) is 32.2 Å². The number of morpholine rings is 1. The first-order valence-corrected chi connectivity index (χ1v) is 15.3. The van der Waals surface area contributed by atoms with Crippen LogP contribution in [0.2, 0.25) is 0 Å². The molecular weight excluding hydrogens is 552 g/mol. The number of fused-ring (bicyclic) bond motifs is 1. The van der Waals surface area contributed by atoms with Crippen LogP contribution >= 0.6 is 0 Å². The van der Waals surface area contributed by atoms with Gasteiger partial charge in [-0.1, -0.05) is 18.1 Å². The molecule has 2 atom stereocenters. The van der Waals surface area contributed by atoms with E-state index >= 15 is 0 Å². The van der Waals surface area contributed by atoms with E-state index in [-0.39, 0.29) is 11.9 Å². The summed E-state index contributed by atoms with van der Waals surface area (Å²) in [6.07, 6.45) is 1.56. The average molecular weight is 596 g/mol. The molecule has 232 valence electrons. The maximum absolute atomic E-state index is 14.2. The van der Waals surface area contributed by atoms with E-state index in [9.17, 15) is 8.78 Å². The molecule has 43 heavy (non-hydrogen) atoms. The van der Waals surface area contributed by atoms with Gasteiger partial charge in [-0.15, -0.1) is 5.92 Å². The number of hydrogen-bond donors (Lipinski definition) is 1. The predicted octanol–water partition coefficient (Wildman–Crippen LogP) is 5.31. The zero-order valence-corrected chi connectivity index (χ0v) is 25.6. The van der Waals surface area contributed by atoms with E-state index in [1.54, 1.807) is 31.4 Å². The lowest BCUT2D eigenvalue weighted by Crippen LogP contribution is -2.46. The highest BCUT2D eigenvalue weighted by molar-refractivity contribution is 5.78. The highest BCUT2D eigenvalue weighted by Crippen LogP contribution is 2.31. The molecule has 1 saturated heterocycles. The van der Waals surface area contributed by atoms with Crippen molar-refractivity contribution in [1.82, 2.24) is 24.4 Å². The van der Waals surface area contributed by atoms with E-state index in [0.29, 0.717) is 79.5 Å². The van der Waals surface area contributed by atoms with Crippen LogP contribution in [0.5, 0.6) is 0 Å². The first-order valence-electron chi connectivity index (χ1n) is 15.3. The topological polar surface area (TPSA) is 80.6 Å². The number of rotatable bonds is 11. The summed E-state index contributed by atoms with van der Waals surface area (Å²) < 4.78 is 41.0. The lowest BCUT2D eigenvalue weighted by molar-refractivity contribution is 0.0598. The Morgan fingerprint density at radius 2 is 1.91 bits per heavy atom. The van der Waals surface area contributed by atoms with Crippen LogP contribution in [0, 0.1) is 17.8 Å². The Hall–Kier alpha value is -3.33. The minimum absolute atomic E-state index is 0.0922. The maximum Gasteiger partial charge on any atom is 0.296 e. The SMILES string of the molecule is CC#CCN(C(C)COC)C1CCC(CNc2nc(N3CCOC[C@H]3C)cc(-n3c(C(F)F)nc4ccccc43)n2)CC1. The third kappa shape index (κ3) is 7.25. The number of para-hydroxylation sites is 2. The lowest BCUT2D eigenvalue weighted by Gasteiger charge is -2.39. The minimum atomic E-state index is -2.76. The highest BCUT2D eigenvalue weighted by Gasteiger charge is 2.29. The van der Waals surface area contributed by atoms with Crippen molar-refractivity contribution in [3.8, 4) is 17.7 Å². The molecule has 0 radical (unpaired) electrons. The summed E-state index contributed by atoms with van der Waals surface area (Å²) in [6, 6.07) is 9.81. The Morgan fingerprint density at radius 3 is 2.63 bits per heavy atom. The number of benzene rings is 1. The molecule has 5 rings (SSSR count). The minimum Gasteiger partial charge on any atom is -0.383 e. The first kappa shape index (κ1) is 31.1. The van der Waals surface area contributed by atoms with Crippen LogP contribution in [-0.2, 0) is 9.47 Å². The molecule has 1 saturated carbocycles. The molecule has 1 aliphatic heterocycles. The molecule has 2 fully saturated rings. The molecule has 1 unspecified atom stereocenters. The number of halogens is 2. The molecule has 11 heteroatoms. The molecule has 2 aromatic heterocycles. The Morgan fingerprint density at radius 1 is 1.14 bits per heavy atom. The molecule has 1 aromatic carbocycles. The number of aromatic nitrogens is 4. The van der Waals surface area contributed by atoms with Gasteiger partial charge in [0.1, 0.15) is 11.6 Å². The third-order valence-corrected chi connectivity index (χ3v) is 8.62. The molecule has 9 nitrogen and oxygen atoms in total. The van der Waals surface area contributed by atoms with Crippen molar-refractivity contribution < 1.29 is 18.3 Å². The van der Waals surface area contributed by atoms with Crippen LogP contribution in [-0.4, -0.2) is 89.1 Å². The number of nitrogens with one attached hydrogen (secondary N) is 1. The van der Waals surface area contributed by atoms with Gasteiger partial charge in [-0.05, 0) is 64.5 Å². The number of imidazole rings is 1. The van der Waals surface area contributed by atoms with Gasteiger partial charge in [0, 0.05) is 38.3 Å². The molecule has 3 aromatic rings. The summed E-state index contributed by atoms with van der Waals surface area (Å²) >= 11 is 0. The predicted molar refractivity (Wildman–Crippen MR) is 165 cm³/mol. The standard InChI is InChI=1S/C32H43F2N7O2/c1-5-6-15-39(22(2)20-42-4)25-13-11-24(12-14-25)19-35-32-37-28(40-16-17-43-21-23(40)3)18-29(38-32)41-27-10-8-7-9-26(27)36-31(41)30(33)34/h7-10,18,22-25,30H,11-17,19-21H2,1-4H3,(H,35,37,38)/t22?,23-,24?,25?/m1/s1. The largest absolute Gasteiger partial charge is 0.383 e. The molecule has 2 aliphatic rings. The molecular formula is C32H43F2N7O2. The summed E-state index contributed by atoms with van der Waals surface area (Å²) in [7, 11) is 1.74. The van der Waals surface area contributed by atoms with Crippen molar-refractivity contribution in [2.45, 2.75) is 71.0 Å². The van der Waals surface area contributed by atoms with E-state index in [1.807, 2.05) is 13.0 Å². The van der Waals surface area contributed by atoms with Gasteiger partial charge < -0.3 is 19.7 Å². The summed E-state index contributed by atoms with van der Waals surface area (Å²) in [5, 5.41) is 3.47. The van der Waals surface area contributed by atoms with Crippen LogP contribution in [0.1, 0.15) is 58.7 Å². The number of nitrogens with zero attached hydrogens (tertiary/aromatic N) is 6. The van der Waals surface area contributed by atoms with Gasteiger partial charge in [0.05, 0.1) is 43.4 Å². The summed E-state index contributed by atoms with van der Waals surface area (Å²) in [4.78, 5) is 18.5. The Bertz CT molecular complexity index is 1410. The first-order chi connectivity index (χ1) is 20.9. The van der Waals surface area contributed by atoms with Crippen LogP contribution in [0.3, 0.4) is 0 Å². The van der Waals surface area contributed by atoms with Crippen molar-refractivity contribution in [3.05, 3.63) is 36.2 Å². The zero-order chi connectivity index (χ0) is 30.3. The Kier molecular flexibility index (Phi) is 10.4. The fraction of sp³-hybridized carbons (Fsp3) is 0.594. The van der Waals surface area contributed by atoms with Gasteiger partial charge in [-0.25, -0.2) is 13.8 Å². The number of methoxy groups -OCH3 is 1. The molecule has 1 aliphatic carbocycles. The van der Waals surface area contributed by atoms with Gasteiger partial charge in [-0.3, -0.25) is 9.47 Å². The molecule has 0 bridgehead atoms. The van der Waals surface area contributed by atoms with E-state index in [2.05, 4.69) is 45.8 Å². The van der Waals surface area contributed by atoms with Crippen molar-refractivity contribution in [1.29, 1.82) is 0 Å². The third-order valence-electron chi connectivity index (χ3n) is 8.62. The summed E-state index contributed by atoms with van der Waals surface area (Å²) in [5.74, 6) is 7.89. The second kappa shape index (κ2) is 14.4. The van der Waals surface area contributed by atoms with Crippen molar-refractivity contribution in [2.24, 2.45) is 5.92 Å². The maximum atomic E-state index is 14.2. The van der Waals surface area contributed by atoms with Crippen LogP contribution in [0.15, 0.2) is 30.3 Å². The van der Waals surface area contributed by atoms with Gasteiger partial charge >= 0.3 is 0 Å². The quantitative estimate of drug-likeness (QED) is 0.299. The zero-order valence-electron chi connectivity index (χ0n) is 25.6. The smallest absolute Gasteiger partial charge is 0.296 e. The van der Waals surface area contributed by atoms with Crippen molar-refractivity contribution in [3.63, 3.8) is 0 Å². The summed E-state index contributed by atoms with van der Waals surface area (Å²) in [5.41, 5.74) is 1.09. The van der Waals surface area contributed by atoms with Crippen LogP contribution in [0.4, 0.5) is 20.5 Å². The molecule has 1 N–H and O–H groups in total. The normalized spacial score (nSPS) is 21.7. The van der Waals surface area contributed by atoms with E-state index in [1.165, 1.54) is 4.57 Å². The fourth-order valence-electron chi connectivity index (χ4n) is 6.33. The number of alkyl halides is 2. The Balaban J connectivity index is 1.37. The second-order valence-corrected chi connectivity index (χ2v) is 11.6. The molecule has 0 amide bonds. The number of ether oxygens (including phenoxy) is 2.